The van der Waals surface area contributed by atoms with Gasteiger partial charge in [0.15, 0.2) is 0 Å². The first-order valence-electron chi connectivity index (χ1n) is 14.8. The minimum absolute atomic E-state index is 0.0237. The highest BCUT2D eigenvalue weighted by Gasteiger charge is 2.39. The third kappa shape index (κ3) is 6.21. The summed E-state index contributed by atoms with van der Waals surface area (Å²) in [7, 11) is 0. The third-order valence-corrected chi connectivity index (χ3v) is 8.16. The fourth-order valence-electron chi connectivity index (χ4n) is 5.84. The minimum Gasteiger partial charge on any atom is -0.361 e. The smallest absolute Gasteiger partial charge is 0.256 e. The van der Waals surface area contributed by atoms with Crippen LogP contribution in [0, 0.1) is 0 Å². The fourth-order valence-corrected chi connectivity index (χ4v) is 5.84. The summed E-state index contributed by atoms with van der Waals surface area (Å²) in [5, 5.41) is 6.80. The number of hydrogen-bond acceptors (Lipinski definition) is 3. The molecule has 1 aliphatic heterocycles. The Balaban J connectivity index is 1.19. The van der Waals surface area contributed by atoms with Crippen LogP contribution in [-0.4, -0.2) is 22.8 Å². The lowest BCUT2D eigenvalue weighted by atomic mass is 9.98. The van der Waals surface area contributed by atoms with Crippen LogP contribution in [0.2, 0.25) is 0 Å². The number of nitrogens with one attached hydrogen (secondary N) is 2. The zero-order valence-corrected chi connectivity index (χ0v) is 24.2. The van der Waals surface area contributed by atoms with Crippen molar-refractivity contribution < 1.29 is 9.59 Å². The van der Waals surface area contributed by atoms with Crippen molar-refractivity contribution in [2.75, 3.05) is 5.32 Å². The Labute approximate surface area is 253 Å². The van der Waals surface area contributed by atoms with Gasteiger partial charge in [0.1, 0.15) is 6.17 Å². The Morgan fingerprint density at radius 1 is 0.721 bits per heavy atom. The highest BCUT2D eigenvalue weighted by Crippen LogP contribution is 2.37. The van der Waals surface area contributed by atoms with E-state index in [1.54, 1.807) is 0 Å². The number of benzene rings is 5. The molecule has 0 fully saturated rings. The SMILES string of the molecule is CC(CCc1ccccc1)N1C(=O)c2ccccc2C1Nc1ccc(C(=O)NC(c2ccccc2)c2ccccc2)cc1. The van der Waals surface area contributed by atoms with Gasteiger partial charge < -0.3 is 15.5 Å². The molecule has 5 aromatic rings. The second-order valence-electron chi connectivity index (χ2n) is 11.0. The first-order valence-corrected chi connectivity index (χ1v) is 14.8. The summed E-state index contributed by atoms with van der Waals surface area (Å²) in [4.78, 5) is 28.9. The molecule has 5 nitrogen and oxygen atoms in total. The van der Waals surface area contributed by atoms with E-state index in [9.17, 15) is 9.59 Å². The van der Waals surface area contributed by atoms with E-state index in [-0.39, 0.29) is 30.1 Å². The molecule has 0 saturated carbocycles. The minimum atomic E-state index is -0.297. The van der Waals surface area contributed by atoms with Gasteiger partial charge in [-0.15, -0.1) is 0 Å². The molecule has 2 unspecified atom stereocenters. The predicted octanol–water partition coefficient (Wildman–Crippen LogP) is 7.79. The monoisotopic (exact) mass is 565 g/mol. The number of carbonyl (C=O) groups is 2. The quantitative estimate of drug-likeness (QED) is 0.182. The average molecular weight is 566 g/mol. The molecule has 0 saturated heterocycles. The molecule has 0 aromatic heterocycles. The first kappa shape index (κ1) is 28.0. The molecular formula is C38H35N3O2. The van der Waals surface area contributed by atoms with Crippen LogP contribution < -0.4 is 10.6 Å². The van der Waals surface area contributed by atoms with Gasteiger partial charge in [-0.05, 0) is 66.8 Å². The van der Waals surface area contributed by atoms with Crippen molar-refractivity contribution in [2.24, 2.45) is 0 Å². The fraction of sp³-hybridized carbons (Fsp3) is 0.158. The number of fused-ring (bicyclic) bond motifs is 1. The van der Waals surface area contributed by atoms with Gasteiger partial charge >= 0.3 is 0 Å². The Bertz CT molecular complexity index is 1630. The van der Waals surface area contributed by atoms with Crippen LogP contribution in [0.25, 0.3) is 0 Å². The first-order chi connectivity index (χ1) is 21.1. The molecule has 2 amide bonds. The lowest BCUT2D eigenvalue weighted by Crippen LogP contribution is -2.39. The average Bonchev–Trinajstić information content (AvgIpc) is 3.34. The summed E-state index contributed by atoms with van der Waals surface area (Å²) in [6.07, 6.45) is 1.45. The molecule has 1 heterocycles. The highest BCUT2D eigenvalue weighted by atomic mass is 16.2. The Hall–Kier alpha value is -5.16. The molecule has 2 atom stereocenters. The Morgan fingerprint density at radius 2 is 1.28 bits per heavy atom. The summed E-state index contributed by atoms with van der Waals surface area (Å²) in [5.41, 5.74) is 6.41. The maximum Gasteiger partial charge on any atom is 0.256 e. The number of rotatable bonds is 10. The standard InChI is InChI=1S/C38H35N3O2/c1-27(21-22-28-13-5-2-6-14-28)41-36(33-19-11-12-20-34(33)38(41)43)39-32-25-23-31(24-26-32)37(42)40-35(29-15-7-3-8-16-29)30-17-9-4-10-18-30/h2-20,23-27,35-36,39H,21-22H2,1H3,(H,40,42). The zero-order chi connectivity index (χ0) is 29.6. The molecule has 5 aromatic carbocycles. The van der Waals surface area contributed by atoms with Crippen LogP contribution in [0.15, 0.2) is 140 Å². The van der Waals surface area contributed by atoms with Crippen LogP contribution in [0.3, 0.4) is 0 Å². The molecule has 1 aliphatic rings. The Morgan fingerprint density at radius 3 is 1.91 bits per heavy atom. The zero-order valence-electron chi connectivity index (χ0n) is 24.2. The highest BCUT2D eigenvalue weighted by molar-refractivity contribution is 6.00. The third-order valence-electron chi connectivity index (χ3n) is 8.16. The van der Waals surface area contributed by atoms with Gasteiger partial charge in [0.05, 0.1) is 6.04 Å². The van der Waals surface area contributed by atoms with E-state index in [4.69, 9.17) is 0 Å². The van der Waals surface area contributed by atoms with Crippen LogP contribution in [0.5, 0.6) is 0 Å². The topological polar surface area (TPSA) is 61.4 Å². The van der Waals surface area contributed by atoms with E-state index in [0.717, 1.165) is 40.8 Å². The molecular weight excluding hydrogens is 530 g/mol. The van der Waals surface area contributed by atoms with Crippen LogP contribution in [0.4, 0.5) is 5.69 Å². The number of amides is 2. The molecule has 0 bridgehead atoms. The van der Waals surface area contributed by atoms with Gasteiger partial charge in [0.25, 0.3) is 11.8 Å². The van der Waals surface area contributed by atoms with Gasteiger partial charge in [0.2, 0.25) is 0 Å². The molecule has 6 rings (SSSR count). The summed E-state index contributed by atoms with van der Waals surface area (Å²) < 4.78 is 0. The van der Waals surface area contributed by atoms with Crippen molar-refractivity contribution in [3.63, 3.8) is 0 Å². The number of carbonyl (C=O) groups excluding carboxylic acids is 2. The second kappa shape index (κ2) is 12.8. The van der Waals surface area contributed by atoms with Gasteiger partial charge in [0, 0.05) is 28.4 Å². The number of nitrogens with zero attached hydrogens (tertiary/aromatic N) is 1. The Kier molecular flexibility index (Phi) is 8.32. The van der Waals surface area contributed by atoms with Crippen molar-refractivity contribution in [1.82, 2.24) is 10.2 Å². The normalized spacial score (nSPS) is 14.8. The number of hydrogen-bond donors (Lipinski definition) is 2. The second-order valence-corrected chi connectivity index (χ2v) is 11.0. The molecule has 0 aliphatic carbocycles. The van der Waals surface area contributed by atoms with Gasteiger partial charge in [-0.25, -0.2) is 0 Å². The van der Waals surface area contributed by atoms with Crippen molar-refractivity contribution in [3.05, 3.63) is 173 Å². The predicted molar refractivity (Wildman–Crippen MR) is 172 cm³/mol. The molecule has 43 heavy (non-hydrogen) atoms. The van der Waals surface area contributed by atoms with Gasteiger partial charge in [-0.3, -0.25) is 9.59 Å². The molecule has 214 valence electrons. The van der Waals surface area contributed by atoms with E-state index in [1.165, 1.54) is 5.56 Å². The van der Waals surface area contributed by atoms with Crippen LogP contribution in [0.1, 0.15) is 68.5 Å². The van der Waals surface area contributed by atoms with Crippen molar-refractivity contribution >= 4 is 17.5 Å². The van der Waals surface area contributed by atoms with E-state index < -0.39 is 0 Å². The lowest BCUT2D eigenvalue weighted by molar-refractivity contribution is 0.0659. The van der Waals surface area contributed by atoms with Crippen molar-refractivity contribution in [2.45, 2.75) is 38.0 Å². The maximum absolute atomic E-state index is 13.6. The largest absolute Gasteiger partial charge is 0.361 e. The van der Waals surface area contributed by atoms with E-state index in [2.05, 4.69) is 41.8 Å². The lowest BCUT2D eigenvalue weighted by Gasteiger charge is -2.32. The maximum atomic E-state index is 13.6. The number of aryl methyl sites for hydroxylation is 1. The van der Waals surface area contributed by atoms with Crippen molar-refractivity contribution in [3.8, 4) is 0 Å². The molecule has 5 heteroatoms. The molecule has 2 N–H and O–H groups in total. The number of anilines is 1. The molecule has 0 spiro atoms. The van der Waals surface area contributed by atoms with E-state index in [0.29, 0.717) is 5.56 Å². The van der Waals surface area contributed by atoms with Gasteiger partial charge in [-0.1, -0.05) is 109 Å². The van der Waals surface area contributed by atoms with E-state index >= 15 is 0 Å². The summed E-state index contributed by atoms with van der Waals surface area (Å²) in [6.45, 7) is 2.12. The van der Waals surface area contributed by atoms with Crippen molar-refractivity contribution in [1.29, 1.82) is 0 Å². The summed E-state index contributed by atoms with van der Waals surface area (Å²) >= 11 is 0. The van der Waals surface area contributed by atoms with Crippen LogP contribution in [-0.2, 0) is 6.42 Å². The van der Waals surface area contributed by atoms with E-state index in [1.807, 2.05) is 120 Å². The van der Waals surface area contributed by atoms with Gasteiger partial charge in [-0.2, -0.15) is 0 Å². The molecule has 0 radical (unpaired) electrons. The summed E-state index contributed by atoms with van der Waals surface area (Å²) in [6, 6.07) is 45.4. The summed E-state index contributed by atoms with van der Waals surface area (Å²) in [5.74, 6) is -0.112. The van der Waals surface area contributed by atoms with Crippen LogP contribution >= 0.6 is 0 Å².